The van der Waals surface area contributed by atoms with E-state index in [0.29, 0.717) is 32.6 Å². The first-order valence-corrected chi connectivity index (χ1v) is 8.16. The lowest BCUT2D eigenvalue weighted by Gasteiger charge is -2.37. The molecule has 1 saturated heterocycles. The summed E-state index contributed by atoms with van der Waals surface area (Å²) >= 11 is 0. The summed E-state index contributed by atoms with van der Waals surface area (Å²) in [4.78, 5) is 25.9. The summed E-state index contributed by atoms with van der Waals surface area (Å²) in [7, 11) is 0. The van der Waals surface area contributed by atoms with Crippen molar-refractivity contribution in [2.45, 2.75) is 38.3 Å². The van der Waals surface area contributed by atoms with Crippen LogP contribution in [-0.4, -0.2) is 42.5 Å². The van der Waals surface area contributed by atoms with E-state index in [-0.39, 0.29) is 23.9 Å². The fourth-order valence-electron chi connectivity index (χ4n) is 3.65. The molecule has 0 radical (unpaired) electrons. The fraction of sp³-hybridized carbons (Fsp3) is 0.529. The molecule has 3 heterocycles. The van der Waals surface area contributed by atoms with E-state index in [9.17, 15) is 9.59 Å². The van der Waals surface area contributed by atoms with Crippen molar-refractivity contribution in [3.05, 3.63) is 23.3 Å². The minimum atomic E-state index is -0.372. The van der Waals surface area contributed by atoms with Gasteiger partial charge < -0.3 is 19.7 Å². The lowest BCUT2D eigenvalue weighted by atomic mass is 9.92. The topological polar surface area (TPSA) is 67.9 Å². The van der Waals surface area contributed by atoms with E-state index in [4.69, 9.17) is 9.47 Å². The molecule has 23 heavy (non-hydrogen) atoms. The van der Waals surface area contributed by atoms with Gasteiger partial charge in [0, 0.05) is 13.0 Å². The van der Waals surface area contributed by atoms with Crippen LogP contribution >= 0.6 is 0 Å². The van der Waals surface area contributed by atoms with Gasteiger partial charge in [0.25, 0.3) is 0 Å². The summed E-state index contributed by atoms with van der Waals surface area (Å²) < 4.78 is 11.3. The fourth-order valence-corrected chi connectivity index (χ4v) is 3.65. The number of hydrogen-bond acceptors (Lipinski definition) is 4. The van der Waals surface area contributed by atoms with Crippen LogP contribution in [0, 0.1) is 0 Å². The first-order chi connectivity index (χ1) is 11.1. The van der Waals surface area contributed by atoms with Crippen molar-refractivity contribution in [1.29, 1.82) is 0 Å². The number of amides is 2. The van der Waals surface area contributed by atoms with E-state index in [1.165, 1.54) is 5.56 Å². The molecule has 1 N–H and O–H groups in total. The van der Waals surface area contributed by atoms with Gasteiger partial charge in [0.1, 0.15) is 19.3 Å². The number of rotatable bonds is 1. The highest BCUT2D eigenvalue weighted by molar-refractivity contribution is 5.91. The highest BCUT2D eigenvalue weighted by Gasteiger charge is 2.36. The molecule has 1 aromatic rings. The quantitative estimate of drug-likeness (QED) is 0.845. The lowest BCUT2D eigenvalue weighted by molar-refractivity contribution is -0.136. The van der Waals surface area contributed by atoms with Crippen molar-refractivity contribution in [2.75, 3.05) is 19.8 Å². The van der Waals surface area contributed by atoms with Crippen LogP contribution < -0.4 is 14.8 Å². The van der Waals surface area contributed by atoms with E-state index in [0.717, 1.165) is 23.5 Å². The Morgan fingerprint density at radius 2 is 1.96 bits per heavy atom. The Kier molecular flexibility index (Phi) is 3.39. The Bertz CT molecular complexity index is 673. The minimum absolute atomic E-state index is 0.0175. The summed E-state index contributed by atoms with van der Waals surface area (Å²) in [6, 6.07) is 3.64. The Hall–Kier alpha value is -2.24. The number of carbonyl (C=O) groups is 2. The monoisotopic (exact) mass is 316 g/mol. The van der Waals surface area contributed by atoms with Crippen molar-refractivity contribution in [3.63, 3.8) is 0 Å². The number of carbonyl (C=O) groups excluding carboxylic acids is 2. The van der Waals surface area contributed by atoms with E-state index in [1.807, 2.05) is 24.0 Å². The summed E-state index contributed by atoms with van der Waals surface area (Å²) in [5, 5.41) is 2.77. The standard InChI is InChI=1S/C17H20N2O4/c1-10-12-9-15-14(22-6-7-23-15)8-11(12)4-5-19(10)17(21)13-2-3-16(20)18-13/h8-10,13H,2-7H2,1H3,(H,18,20). The highest BCUT2D eigenvalue weighted by Crippen LogP contribution is 2.39. The summed E-state index contributed by atoms with van der Waals surface area (Å²) in [6.45, 7) is 3.83. The van der Waals surface area contributed by atoms with Gasteiger partial charge in [-0.15, -0.1) is 0 Å². The zero-order valence-electron chi connectivity index (χ0n) is 13.1. The minimum Gasteiger partial charge on any atom is -0.486 e. The van der Waals surface area contributed by atoms with Crippen molar-refractivity contribution in [2.24, 2.45) is 0 Å². The Morgan fingerprint density at radius 3 is 2.65 bits per heavy atom. The van der Waals surface area contributed by atoms with Gasteiger partial charge in [0.05, 0.1) is 6.04 Å². The zero-order chi connectivity index (χ0) is 16.0. The zero-order valence-corrected chi connectivity index (χ0v) is 13.1. The molecule has 6 nitrogen and oxygen atoms in total. The van der Waals surface area contributed by atoms with Crippen LogP contribution in [0.1, 0.15) is 36.9 Å². The second-order valence-corrected chi connectivity index (χ2v) is 6.31. The Labute approximate surface area is 134 Å². The molecule has 0 spiro atoms. The van der Waals surface area contributed by atoms with E-state index in [2.05, 4.69) is 5.32 Å². The summed E-state index contributed by atoms with van der Waals surface area (Å²) in [5.41, 5.74) is 2.32. The number of nitrogens with zero attached hydrogens (tertiary/aromatic N) is 1. The molecular weight excluding hydrogens is 296 g/mol. The maximum absolute atomic E-state index is 12.7. The third-order valence-corrected chi connectivity index (χ3v) is 4.92. The van der Waals surface area contributed by atoms with Crippen LogP contribution in [-0.2, 0) is 16.0 Å². The lowest BCUT2D eigenvalue weighted by Crippen LogP contribution is -2.47. The van der Waals surface area contributed by atoms with Gasteiger partial charge in [-0.3, -0.25) is 9.59 Å². The van der Waals surface area contributed by atoms with Crippen molar-refractivity contribution >= 4 is 11.8 Å². The molecule has 0 saturated carbocycles. The van der Waals surface area contributed by atoms with Gasteiger partial charge >= 0.3 is 0 Å². The van der Waals surface area contributed by atoms with Crippen molar-refractivity contribution in [3.8, 4) is 11.5 Å². The van der Waals surface area contributed by atoms with Gasteiger partial charge in [-0.25, -0.2) is 0 Å². The van der Waals surface area contributed by atoms with Gasteiger partial charge in [-0.1, -0.05) is 0 Å². The summed E-state index contributed by atoms with van der Waals surface area (Å²) in [6.07, 6.45) is 1.82. The van der Waals surface area contributed by atoms with Gasteiger partial charge in [0.2, 0.25) is 11.8 Å². The van der Waals surface area contributed by atoms with Gasteiger partial charge in [0.15, 0.2) is 11.5 Å². The van der Waals surface area contributed by atoms with Crippen molar-refractivity contribution in [1.82, 2.24) is 10.2 Å². The SMILES string of the molecule is CC1c2cc3c(cc2CCN1C(=O)C1CCC(=O)N1)OCCO3. The van der Waals surface area contributed by atoms with Crippen LogP contribution in [0.4, 0.5) is 0 Å². The molecule has 0 bridgehead atoms. The number of hydrogen-bond donors (Lipinski definition) is 1. The van der Waals surface area contributed by atoms with Crippen LogP contribution in [0.15, 0.2) is 12.1 Å². The van der Waals surface area contributed by atoms with Crippen LogP contribution in [0.25, 0.3) is 0 Å². The Morgan fingerprint density at radius 1 is 1.22 bits per heavy atom. The molecule has 4 rings (SSSR count). The molecular formula is C17H20N2O4. The number of ether oxygens (including phenoxy) is 2. The first-order valence-electron chi connectivity index (χ1n) is 8.16. The van der Waals surface area contributed by atoms with Gasteiger partial charge in [-0.05, 0) is 43.0 Å². The molecule has 1 aromatic carbocycles. The second-order valence-electron chi connectivity index (χ2n) is 6.31. The molecule has 0 aromatic heterocycles. The largest absolute Gasteiger partial charge is 0.486 e. The highest BCUT2D eigenvalue weighted by atomic mass is 16.6. The third kappa shape index (κ3) is 2.42. The van der Waals surface area contributed by atoms with Gasteiger partial charge in [-0.2, -0.15) is 0 Å². The van der Waals surface area contributed by atoms with E-state index >= 15 is 0 Å². The van der Waals surface area contributed by atoms with E-state index < -0.39 is 0 Å². The Balaban J connectivity index is 1.60. The normalized spacial score (nSPS) is 25.8. The number of nitrogens with one attached hydrogen (secondary N) is 1. The molecule has 2 amide bonds. The molecule has 0 aliphatic carbocycles. The predicted octanol–water partition coefficient (Wildman–Crippen LogP) is 1.18. The maximum atomic E-state index is 12.7. The molecule has 3 aliphatic heterocycles. The molecule has 6 heteroatoms. The van der Waals surface area contributed by atoms with Crippen molar-refractivity contribution < 1.29 is 19.1 Å². The molecule has 2 atom stereocenters. The first kappa shape index (κ1) is 14.4. The molecule has 3 aliphatic rings. The van der Waals surface area contributed by atoms with Crippen LogP contribution in [0.2, 0.25) is 0 Å². The second kappa shape index (κ2) is 5.44. The van der Waals surface area contributed by atoms with Crippen LogP contribution in [0.3, 0.4) is 0 Å². The average Bonchev–Trinajstić information content (AvgIpc) is 3.00. The average molecular weight is 316 g/mol. The molecule has 1 fully saturated rings. The smallest absolute Gasteiger partial charge is 0.245 e. The number of fused-ring (bicyclic) bond motifs is 2. The van der Waals surface area contributed by atoms with E-state index in [1.54, 1.807) is 0 Å². The number of benzene rings is 1. The molecule has 2 unspecified atom stereocenters. The maximum Gasteiger partial charge on any atom is 0.245 e. The predicted molar refractivity (Wildman–Crippen MR) is 82.4 cm³/mol. The molecule has 122 valence electrons. The van der Waals surface area contributed by atoms with Crippen LogP contribution in [0.5, 0.6) is 11.5 Å². The third-order valence-electron chi connectivity index (χ3n) is 4.92. The summed E-state index contributed by atoms with van der Waals surface area (Å²) in [5.74, 6) is 1.53.